The van der Waals surface area contributed by atoms with Gasteiger partial charge in [-0.3, -0.25) is 14.6 Å². The fourth-order valence-electron chi connectivity index (χ4n) is 4.08. The number of carbonyl (C=O) groups excluding carboxylic acids is 1. The molecule has 0 radical (unpaired) electrons. The van der Waals surface area contributed by atoms with Gasteiger partial charge in [-0.25, -0.2) is 8.42 Å². The molecule has 1 spiro atoms. The van der Waals surface area contributed by atoms with E-state index >= 15 is 0 Å². The van der Waals surface area contributed by atoms with Crippen molar-refractivity contribution in [2.75, 3.05) is 46.5 Å². The van der Waals surface area contributed by atoms with Crippen LogP contribution >= 0.6 is 0 Å². The monoisotopic (exact) mass is 379 g/mol. The maximum Gasteiger partial charge on any atom is 0.222 e. The molecule has 0 N–H and O–H groups in total. The Morgan fingerprint density at radius 1 is 1.04 bits per heavy atom. The number of hydrogen-bond acceptors (Lipinski definition) is 5. The fourth-order valence-corrected chi connectivity index (χ4v) is 4.71. The summed E-state index contributed by atoms with van der Waals surface area (Å²) in [5, 5.41) is 0. The van der Waals surface area contributed by atoms with Gasteiger partial charge in [-0.1, -0.05) is 12.1 Å². The summed E-state index contributed by atoms with van der Waals surface area (Å²) in [5.41, 5.74) is 1.17. The van der Waals surface area contributed by atoms with Crippen molar-refractivity contribution >= 4 is 15.7 Å². The van der Waals surface area contributed by atoms with E-state index in [9.17, 15) is 13.2 Å². The molecule has 1 aromatic carbocycles. The molecule has 2 heterocycles. The van der Waals surface area contributed by atoms with Crippen molar-refractivity contribution in [1.82, 2.24) is 14.7 Å². The van der Waals surface area contributed by atoms with Crippen molar-refractivity contribution < 1.29 is 13.2 Å². The fraction of sp³-hybridized carbons (Fsp3) is 0.632. The van der Waals surface area contributed by atoms with Crippen molar-refractivity contribution in [3.8, 4) is 0 Å². The largest absolute Gasteiger partial charge is 0.346 e. The first-order valence-electron chi connectivity index (χ1n) is 9.16. The lowest BCUT2D eigenvalue weighted by molar-refractivity contribution is -0.129. The van der Waals surface area contributed by atoms with Gasteiger partial charge in [0.25, 0.3) is 0 Å². The number of likely N-dealkylation sites (tertiary alicyclic amines) is 1. The van der Waals surface area contributed by atoms with E-state index in [0.29, 0.717) is 11.3 Å². The third-order valence-electron chi connectivity index (χ3n) is 5.98. The van der Waals surface area contributed by atoms with Gasteiger partial charge in [-0.05, 0) is 37.6 Å². The van der Waals surface area contributed by atoms with Crippen LogP contribution < -0.4 is 0 Å². The predicted molar refractivity (Wildman–Crippen MR) is 102 cm³/mol. The summed E-state index contributed by atoms with van der Waals surface area (Å²) in [4.78, 5) is 19.2. The number of rotatable bonds is 3. The topological polar surface area (TPSA) is 60.9 Å². The summed E-state index contributed by atoms with van der Waals surface area (Å²) < 4.78 is 23.2. The lowest BCUT2D eigenvalue weighted by Crippen LogP contribution is -2.60. The zero-order valence-electron chi connectivity index (χ0n) is 15.9. The highest BCUT2D eigenvalue weighted by Gasteiger charge is 2.41. The number of hydrogen-bond donors (Lipinski definition) is 0. The van der Waals surface area contributed by atoms with Gasteiger partial charge in [0.05, 0.1) is 4.90 Å². The zero-order valence-corrected chi connectivity index (χ0v) is 16.8. The highest BCUT2D eigenvalue weighted by Crippen LogP contribution is 2.32. The average Bonchev–Trinajstić information content (AvgIpc) is 2.73. The lowest BCUT2D eigenvalue weighted by atomic mass is 9.86. The number of benzene rings is 1. The first-order valence-corrected chi connectivity index (χ1v) is 11.1. The Balaban J connectivity index is 1.71. The number of likely N-dealkylation sites (N-methyl/N-ethyl adjacent to an activating group) is 1. The molecule has 0 aliphatic carbocycles. The average molecular weight is 380 g/mol. The number of sulfone groups is 1. The van der Waals surface area contributed by atoms with Crippen LogP contribution in [0.1, 0.15) is 24.8 Å². The molecule has 7 heteroatoms. The van der Waals surface area contributed by atoms with E-state index in [1.165, 1.54) is 6.26 Å². The van der Waals surface area contributed by atoms with Crippen LogP contribution in [0.4, 0.5) is 0 Å². The molecule has 3 rings (SSSR count). The molecular formula is C19H29N3O3S. The van der Waals surface area contributed by atoms with Crippen molar-refractivity contribution in [1.29, 1.82) is 0 Å². The molecule has 0 saturated carbocycles. The molecule has 2 saturated heterocycles. The Morgan fingerprint density at radius 2 is 1.73 bits per heavy atom. The Morgan fingerprint density at radius 3 is 2.38 bits per heavy atom. The molecule has 26 heavy (non-hydrogen) atoms. The predicted octanol–water partition coefficient (Wildman–Crippen LogP) is 1.22. The van der Waals surface area contributed by atoms with Crippen LogP contribution in [0.15, 0.2) is 29.2 Å². The molecule has 0 unspecified atom stereocenters. The molecule has 2 aliphatic heterocycles. The Kier molecular flexibility index (Phi) is 5.42. The molecule has 144 valence electrons. The van der Waals surface area contributed by atoms with Crippen LogP contribution in [0.2, 0.25) is 0 Å². The van der Waals surface area contributed by atoms with E-state index in [1.807, 2.05) is 24.1 Å². The SMILES string of the molecule is CN1CC[C@]2(CCC1=O)CN(Cc1ccc(S(C)(=O)=O)cc1)CCN2C. The minimum atomic E-state index is -3.15. The Hall–Kier alpha value is -1.44. The van der Waals surface area contributed by atoms with Crippen LogP contribution in [0.5, 0.6) is 0 Å². The number of nitrogens with zero attached hydrogens (tertiary/aromatic N) is 3. The van der Waals surface area contributed by atoms with E-state index in [2.05, 4.69) is 16.8 Å². The van der Waals surface area contributed by atoms with Gasteiger partial charge in [0.1, 0.15) is 0 Å². The second-order valence-corrected chi connectivity index (χ2v) is 9.85. The molecule has 2 aliphatic rings. The molecule has 1 atom stereocenters. The maximum absolute atomic E-state index is 12.1. The molecule has 6 nitrogen and oxygen atoms in total. The standard InChI is InChI=1S/C19H29N3O3S/c1-20-11-10-19(9-8-18(20)23)15-22(13-12-21(19)2)14-16-4-6-17(7-5-16)26(3,24)25/h4-7H,8-15H2,1-3H3/t19-/m1/s1. The maximum atomic E-state index is 12.1. The number of amides is 1. The summed E-state index contributed by atoms with van der Waals surface area (Å²) in [5.74, 6) is 0.240. The van der Waals surface area contributed by atoms with Gasteiger partial charge in [0.15, 0.2) is 9.84 Å². The third-order valence-corrected chi connectivity index (χ3v) is 7.11. The number of piperazine rings is 1. The van der Waals surface area contributed by atoms with E-state index in [0.717, 1.165) is 51.1 Å². The summed E-state index contributed by atoms with van der Waals surface area (Å²) in [6.45, 7) is 4.52. The second-order valence-electron chi connectivity index (χ2n) is 7.84. The molecule has 1 amide bonds. The van der Waals surface area contributed by atoms with Crippen molar-refractivity contribution in [2.24, 2.45) is 0 Å². The normalized spacial score (nSPS) is 26.3. The molecule has 1 aromatic rings. The quantitative estimate of drug-likeness (QED) is 0.790. The Labute approximate surface area is 156 Å². The molecule has 2 fully saturated rings. The Bertz CT molecular complexity index is 763. The highest BCUT2D eigenvalue weighted by atomic mass is 32.2. The second kappa shape index (κ2) is 7.29. The smallest absolute Gasteiger partial charge is 0.222 e. The molecular weight excluding hydrogens is 350 g/mol. The van der Waals surface area contributed by atoms with Gasteiger partial charge in [-0.2, -0.15) is 0 Å². The van der Waals surface area contributed by atoms with Crippen LogP contribution in [-0.2, 0) is 21.2 Å². The summed E-state index contributed by atoms with van der Waals surface area (Å²) in [6, 6.07) is 7.20. The van der Waals surface area contributed by atoms with Crippen LogP contribution in [0, 0.1) is 0 Å². The van der Waals surface area contributed by atoms with Crippen LogP contribution in [-0.4, -0.2) is 81.1 Å². The minimum absolute atomic E-state index is 0.0470. The van der Waals surface area contributed by atoms with Gasteiger partial charge in [0.2, 0.25) is 5.91 Å². The van der Waals surface area contributed by atoms with Crippen molar-refractivity contribution in [2.45, 2.75) is 36.2 Å². The first kappa shape index (κ1) is 19.3. The van der Waals surface area contributed by atoms with Gasteiger partial charge in [-0.15, -0.1) is 0 Å². The van der Waals surface area contributed by atoms with Crippen LogP contribution in [0.3, 0.4) is 0 Å². The third kappa shape index (κ3) is 4.10. The summed E-state index contributed by atoms with van der Waals surface area (Å²) >= 11 is 0. The van der Waals surface area contributed by atoms with E-state index in [1.54, 1.807) is 12.1 Å². The highest BCUT2D eigenvalue weighted by molar-refractivity contribution is 7.90. The number of carbonyl (C=O) groups is 1. The summed E-state index contributed by atoms with van der Waals surface area (Å²) in [6.07, 6.45) is 3.74. The zero-order chi connectivity index (χ0) is 18.9. The molecule has 0 bridgehead atoms. The van der Waals surface area contributed by atoms with Crippen molar-refractivity contribution in [3.63, 3.8) is 0 Å². The summed E-state index contributed by atoms with van der Waals surface area (Å²) in [7, 11) is 0.915. The van der Waals surface area contributed by atoms with Gasteiger partial charge >= 0.3 is 0 Å². The van der Waals surface area contributed by atoms with E-state index in [4.69, 9.17) is 0 Å². The first-order chi connectivity index (χ1) is 12.2. The minimum Gasteiger partial charge on any atom is -0.346 e. The van der Waals surface area contributed by atoms with Gasteiger partial charge in [0, 0.05) is 58.0 Å². The van der Waals surface area contributed by atoms with Crippen LogP contribution in [0.25, 0.3) is 0 Å². The van der Waals surface area contributed by atoms with Crippen molar-refractivity contribution in [3.05, 3.63) is 29.8 Å². The van der Waals surface area contributed by atoms with E-state index < -0.39 is 9.84 Å². The van der Waals surface area contributed by atoms with Gasteiger partial charge < -0.3 is 4.90 Å². The lowest BCUT2D eigenvalue weighted by Gasteiger charge is -2.49. The van der Waals surface area contributed by atoms with E-state index in [-0.39, 0.29) is 11.4 Å². The molecule has 0 aromatic heterocycles.